The summed E-state index contributed by atoms with van der Waals surface area (Å²) in [5.41, 5.74) is 12.4. The van der Waals surface area contributed by atoms with Crippen LogP contribution in [0.4, 0.5) is 0 Å². The Morgan fingerprint density at radius 2 is 1.15 bits per heavy atom. The van der Waals surface area contributed by atoms with Gasteiger partial charge < -0.3 is 4.57 Å². The van der Waals surface area contributed by atoms with Crippen molar-refractivity contribution in [3.63, 3.8) is 0 Å². The van der Waals surface area contributed by atoms with Crippen molar-refractivity contribution >= 4 is 93.7 Å². The number of benzene rings is 9. The lowest BCUT2D eigenvalue weighted by Crippen LogP contribution is -2.30. The second-order valence-electron chi connectivity index (χ2n) is 18.2. The molecule has 0 fully saturated rings. The summed E-state index contributed by atoms with van der Waals surface area (Å²) < 4.78 is 4.69. The second kappa shape index (κ2) is 12.6. The monoisotopic (exact) mass is 827 g/mol. The fourth-order valence-electron chi connectivity index (χ4n) is 11.8. The Bertz CT molecular complexity index is 4130. The first-order valence-corrected chi connectivity index (χ1v) is 22.5. The highest BCUT2D eigenvalue weighted by Gasteiger charge is 2.42. The molecule has 0 N–H and O–H groups in total. The molecule has 302 valence electrons. The zero-order valence-corrected chi connectivity index (χ0v) is 35.4. The van der Waals surface area contributed by atoms with Crippen molar-refractivity contribution in [2.75, 3.05) is 0 Å². The van der Waals surface area contributed by atoms with E-state index in [4.69, 9.17) is 15.0 Å². The lowest BCUT2D eigenvalue weighted by Gasteiger charge is -2.43. The Morgan fingerprint density at radius 1 is 0.492 bits per heavy atom. The average Bonchev–Trinajstić information content (AvgIpc) is 3.88. The van der Waals surface area contributed by atoms with Crippen LogP contribution in [0.1, 0.15) is 35.4 Å². The fourth-order valence-corrected chi connectivity index (χ4v) is 11.8. The Balaban J connectivity index is 1.04. The van der Waals surface area contributed by atoms with Gasteiger partial charge in [0.05, 0.1) is 22.1 Å². The summed E-state index contributed by atoms with van der Waals surface area (Å²) in [6, 6.07) is 59.4. The summed E-state index contributed by atoms with van der Waals surface area (Å²) in [5.74, 6) is 2.08. The predicted molar refractivity (Wildman–Crippen MR) is 269 cm³/mol. The first kappa shape index (κ1) is 35.1. The second-order valence-corrected chi connectivity index (χ2v) is 18.2. The first-order valence-electron chi connectivity index (χ1n) is 22.5. The van der Waals surface area contributed by atoms with Crippen LogP contribution >= 0.6 is 0 Å². The molecule has 0 radical (unpaired) electrons. The van der Waals surface area contributed by atoms with Gasteiger partial charge in [0.2, 0.25) is 5.95 Å². The smallest absolute Gasteiger partial charge is 0.238 e. The van der Waals surface area contributed by atoms with Gasteiger partial charge in [0, 0.05) is 49.7 Å². The molecule has 65 heavy (non-hydrogen) atoms. The van der Waals surface area contributed by atoms with Gasteiger partial charge in [0.25, 0.3) is 0 Å². The minimum absolute atomic E-state index is 0.209. The number of allylic oxidation sites excluding steroid dienone is 6. The number of para-hydroxylation sites is 3. The number of aromatic nitrogens is 5. The Hall–Kier alpha value is -8.41. The van der Waals surface area contributed by atoms with Crippen LogP contribution in [0.25, 0.3) is 117 Å². The molecule has 0 aliphatic heterocycles. The van der Waals surface area contributed by atoms with E-state index >= 15 is 0 Å². The quantitative estimate of drug-likeness (QED) is 0.166. The molecule has 12 aromatic rings. The zero-order chi connectivity index (χ0) is 42.5. The molecule has 3 heterocycles. The number of hydrogen-bond acceptors (Lipinski definition) is 3. The van der Waals surface area contributed by atoms with Crippen molar-refractivity contribution in [2.24, 2.45) is 5.41 Å². The lowest BCUT2D eigenvalue weighted by atomic mass is 9.60. The van der Waals surface area contributed by atoms with E-state index in [2.05, 4.69) is 216 Å². The summed E-state index contributed by atoms with van der Waals surface area (Å²) in [6.07, 6.45) is 14.0. The Labute approximate surface area is 373 Å². The standard InChI is InChI=1S/C60H37N5/c1-60-30-29-38-14-10-13-37-23-26-41(55(60)53(37)38)33-43(34-60)58-61-57(42-31-39-24-21-35-11-9-12-36-22-25-40(32-42)52(39)51(35)36)62-59(63-58)65-48-19-7-5-17-45(48)46-27-28-50-54(56(46)65)47-18-6-8-20-49(47)64(50)44-15-3-2-4-16-44/h2-34,55H,1H3. The number of hydrogen-bond donors (Lipinski definition) is 0. The van der Waals surface area contributed by atoms with E-state index in [1.54, 1.807) is 0 Å². The minimum atomic E-state index is -0.283. The van der Waals surface area contributed by atoms with Gasteiger partial charge in [-0.1, -0.05) is 159 Å². The van der Waals surface area contributed by atoms with Gasteiger partial charge in [-0.15, -0.1) is 0 Å². The first-order chi connectivity index (χ1) is 32.1. The predicted octanol–water partition coefficient (Wildman–Crippen LogP) is 14.8. The van der Waals surface area contributed by atoms with Crippen molar-refractivity contribution in [2.45, 2.75) is 12.8 Å². The van der Waals surface area contributed by atoms with E-state index in [-0.39, 0.29) is 11.3 Å². The number of rotatable bonds is 4. The Morgan fingerprint density at radius 3 is 1.95 bits per heavy atom. The molecule has 0 amide bonds. The van der Waals surface area contributed by atoms with Gasteiger partial charge in [-0.3, -0.25) is 4.57 Å². The molecule has 2 unspecified atom stereocenters. The molecule has 3 aromatic heterocycles. The van der Waals surface area contributed by atoms with E-state index in [1.807, 2.05) is 0 Å². The molecule has 3 aliphatic rings. The molecule has 15 rings (SSSR count). The van der Waals surface area contributed by atoms with E-state index in [0.29, 0.717) is 17.6 Å². The molecule has 3 aliphatic carbocycles. The maximum Gasteiger partial charge on any atom is 0.238 e. The van der Waals surface area contributed by atoms with Gasteiger partial charge >= 0.3 is 0 Å². The summed E-state index contributed by atoms with van der Waals surface area (Å²) in [4.78, 5) is 16.6. The van der Waals surface area contributed by atoms with Crippen molar-refractivity contribution in [3.05, 3.63) is 216 Å². The van der Waals surface area contributed by atoms with Gasteiger partial charge in [-0.2, -0.15) is 9.97 Å². The van der Waals surface area contributed by atoms with Crippen LogP contribution in [0.2, 0.25) is 0 Å². The molecule has 5 heteroatoms. The third-order valence-corrected chi connectivity index (χ3v) is 14.6. The molecular weight excluding hydrogens is 791 g/mol. The van der Waals surface area contributed by atoms with Crippen LogP contribution in [0.3, 0.4) is 0 Å². The van der Waals surface area contributed by atoms with Crippen molar-refractivity contribution in [1.29, 1.82) is 0 Å². The number of nitrogens with zero attached hydrogens (tertiary/aromatic N) is 5. The molecule has 5 nitrogen and oxygen atoms in total. The van der Waals surface area contributed by atoms with E-state index < -0.39 is 0 Å². The SMILES string of the molecule is CC12C=Cc3cccc4c3C1C(=CC(c1nc(-c3cc5ccc6cccc7ccc(c3)c5c67)nc(-n3c5ccccc5c5ccc6c(c7ccccc7n6-c6ccccc6)c53)n1)=C2)C=C4. The van der Waals surface area contributed by atoms with E-state index in [9.17, 15) is 0 Å². The minimum Gasteiger partial charge on any atom is -0.309 e. The van der Waals surface area contributed by atoms with Crippen LogP contribution in [0.15, 0.2) is 194 Å². The third-order valence-electron chi connectivity index (χ3n) is 14.6. The maximum absolute atomic E-state index is 5.59. The van der Waals surface area contributed by atoms with Crippen LogP contribution in [-0.4, -0.2) is 24.1 Å². The maximum atomic E-state index is 5.59. The molecule has 0 saturated heterocycles. The van der Waals surface area contributed by atoms with Gasteiger partial charge in [-0.25, -0.2) is 4.98 Å². The van der Waals surface area contributed by atoms with Crippen molar-refractivity contribution in [3.8, 4) is 23.0 Å². The normalized spacial score (nSPS) is 17.6. The number of fused-ring (bicyclic) bond motifs is 7. The van der Waals surface area contributed by atoms with Crippen molar-refractivity contribution < 1.29 is 0 Å². The largest absolute Gasteiger partial charge is 0.309 e. The third kappa shape index (κ3) is 4.79. The van der Waals surface area contributed by atoms with Crippen LogP contribution < -0.4 is 0 Å². The van der Waals surface area contributed by atoms with Gasteiger partial charge in [-0.05, 0) is 103 Å². The molecule has 0 bridgehead atoms. The summed E-state index contributed by atoms with van der Waals surface area (Å²) in [6.45, 7) is 2.36. The summed E-state index contributed by atoms with van der Waals surface area (Å²) >= 11 is 0. The summed E-state index contributed by atoms with van der Waals surface area (Å²) in [7, 11) is 0. The highest BCUT2D eigenvalue weighted by molar-refractivity contribution is 6.26. The lowest BCUT2D eigenvalue weighted by molar-refractivity contribution is 0.467. The average molecular weight is 828 g/mol. The van der Waals surface area contributed by atoms with Gasteiger partial charge in [0.15, 0.2) is 11.6 Å². The molecule has 2 atom stereocenters. The highest BCUT2D eigenvalue weighted by Crippen LogP contribution is 2.55. The van der Waals surface area contributed by atoms with E-state index in [1.165, 1.54) is 60.0 Å². The topological polar surface area (TPSA) is 48.5 Å². The molecule has 0 spiro atoms. The van der Waals surface area contributed by atoms with Crippen LogP contribution in [-0.2, 0) is 0 Å². The van der Waals surface area contributed by atoms with Gasteiger partial charge in [0.1, 0.15) is 0 Å². The molecular formula is C60H37N5. The van der Waals surface area contributed by atoms with E-state index in [0.717, 1.165) is 55.0 Å². The summed E-state index contributed by atoms with van der Waals surface area (Å²) in [5, 5.41) is 12.0. The Kier molecular flexibility index (Phi) is 6.81. The zero-order valence-electron chi connectivity index (χ0n) is 35.4. The highest BCUT2D eigenvalue weighted by atomic mass is 15.2. The van der Waals surface area contributed by atoms with Crippen LogP contribution in [0, 0.1) is 5.41 Å². The fraction of sp³-hybridized carbons (Fsp3) is 0.0500. The van der Waals surface area contributed by atoms with Crippen molar-refractivity contribution in [1.82, 2.24) is 24.1 Å². The molecule has 9 aromatic carbocycles. The van der Waals surface area contributed by atoms with Crippen LogP contribution in [0.5, 0.6) is 0 Å². The molecule has 0 saturated carbocycles.